The lowest BCUT2D eigenvalue weighted by molar-refractivity contribution is 0.0942. The molecule has 1 aliphatic heterocycles. The van der Waals surface area contributed by atoms with Gasteiger partial charge in [0.25, 0.3) is 5.91 Å². The number of rotatable bonds is 3. The molecule has 0 unspecified atom stereocenters. The van der Waals surface area contributed by atoms with Gasteiger partial charge in [0.05, 0.1) is 6.54 Å². The third-order valence-electron chi connectivity index (χ3n) is 2.56. The van der Waals surface area contributed by atoms with Crippen LogP contribution in [0.3, 0.4) is 0 Å². The van der Waals surface area contributed by atoms with Crippen LogP contribution in [-0.4, -0.2) is 28.8 Å². The molecule has 0 spiro atoms. The van der Waals surface area contributed by atoms with E-state index in [9.17, 15) is 4.79 Å². The number of hydrogen-bond acceptors (Lipinski definition) is 3. The van der Waals surface area contributed by atoms with Gasteiger partial charge in [-0.05, 0) is 12.8 Å². The molecule has 0 aromatic carbocycles. The number of fused-ring (bicyclic) bond motifs is 1. The average molecular weight is 223 g/mol. The van der Waals surface area contributed by atoms with E-state index in [1.54, 1.807) is 4.68 Å². The summed E-state index contributed by atoms with van der Waals surface area (Å²) in [7, 11) is 0. The van der Waals surface area contributed by atoms with Gasteiger partial charge >= 0.3 is 0 Å². The van der Waals surface area contributed by atoms with Crippen LogP contribution in [0.15, 0.2) is 0 Å². The molecule has 0 radical (unpaired) electrons. The van der Waals surface area contributed by atoms with Crippen LogP contribution in [-0.2, 0) is 6.54 Å². The van der Waals surface area contributed by atoms with Crippen molar-refractivity contribution in [3.8, 4) is 5.88 Å². The average Bonchev–Trinajstić information content (AvgIpc) is 2.78. The molecule has 1 N–H and O–H groups in total. The molecule has 88 valence electrons. The normalized spacial score (nSPS) is 13.8. The summed E-state index contributed by atoms with van der Waals surface area (Å²) in [6.07, 6.45) is 0. The second-order valence-electron chi connectivity index (χ2n) is 4.45. The van der Waals surface area contributed by atoms with E-state index in [2.05, 4.69) is 24.3 Å². The second kappa shape index (κ2) is 4.15. The summed E-state index contributed by atoms with van der Waals surface area (Å²) in [5, 5.41) is 7.11. The Hall–Kier alpha value is -1.52. The minimum absolute atomic E-state index is 0.114. The zero-order valence-corrected chi connectivity index (χ0v) is 9.91. The quantitative estimate of drug-likeness (QED) is 0.830. The summed E-state index contributed by atoms with van der Waals surface area (Å²) >= 11 is 0. The maximum absolute atomic E-state index is 11.8. The fourth-order valence-electron chi connectivity index (χ4n) is 1.70. The Labute approximate surface area is 94.8 Å². The van der Waals surface area contributed by atoms with Gasteiger partial charge in [0, 0.05) is 12.1 Å². The molecule has 0 fully saturated rings. The van der Waals surface area contributed by atoms with E-state index >= 15 is 0 Å². The first-order chi connectivity index (χ1) is 7.59. The molecule has 2 heterocycles. The highest BCUT2D eigenvalue weighted by Gasteiger charge is 2.24. The number of ether oxygens (including phenoxy) is 1. The Kier molecular flexibility index (Phi) is 2.85. The Morgan fingerprint density at radius 1 is 1.62 bits per heavy atom. The molecule has 0 aliphatic carbocycles. The van der Waals surface area contributed by atoms with Crippen molar-refractivity contribution in [3.63, 3.8) is 0 Å². The van der Waals surface area contributed by atoms with Crippen LogP contribution in [0.25, 0.3) is 0 Å². The van der Waals surface area contributed by atoms with Crippen LogP contribution in [0.4, 0.5) is 0 Å². The number of carbonyl (C=O) groups excluding carboxylic acids is 1. The van der Waals surface area contributed by atoms with Gasteiger partial charge in [0.15, 0.2) is 5.69 Å². The van der Waals surface area contributed by atoms with E-state index in [0.29, 0.717) is 24.8 Å². The zero-order chi connectivity index (χ0) is 11.7. The van der Waals surface area contributed by atoms with E-state index < -0.39 is 0 Å². The number of amides is 1. The molecule has 0 bridgehead atoms. The van der Waals surface area contributed by atoms with E-state index in [0.717, 1.165) is 18.0 Å². The summed E-state index contributed by atoms with van der Waals surface area (Å²) in [6, 6.07) is 0. The van der Waals surface area contributed by atoms with Crippen molar-refractivity contribution >= 4 is 5.91 Å². The van der Waals surface area contributed by atoms with Gasteiger partial charge in [0.1, 0.15) is 6.61 Å². The highest BCUT2D eigenvalue weighted by atomic mass is 16.5. The van der Waals surface area contributed by atoms with Gasteiger partial charge in [-0.2, -0.15) is 5.10 Å². The minimum Gasteiger partial charge on any atom is -0.476 e. The molecule has 5 nitrogen and oxygen atoms in total. The highest BCUT2D eigenvalue weighted by molar-refractivity contribution is 5.94. The molecule has 1 aromatic rings. The van der Waals surface area contributed by atoms with Crippen molar-refractivity contribution in [3.05, 3.63) is 11.3 Å². The van der Waals surface area contributed by atoms with Crippen molar-refractivity contribution in [2.24, 2.45) is 5.92 Å². The lowest BCUT2D eigenvalue weighted by Gasteiger charge is -2.06. The molecule has 1 aromatic heterocycles. The van der Waals surface area contributed by atoms with Crippen LogP contribution >= 0.6 is 0 Å². The van der Waals surface area contributed by atoms with Crippen molar-refractivity contribution < 1.29 is 9.53 Å². The predicted octanol–water partition coefficient (Wildman–Crippen LogP) is 0.970. The third-order valence-corrected chi connectivity index (χ3v) is 2.56. The van der Waals surface area contributed by atoms with Crippen molar-refractivity contribution in [2.75, 3.05) is 13.2 Å². The molecule has 16 heavy (non-hydrogen) atoms. The maximum Gasteiger partial charge on any atom is 0.272 e. The molecule has 0 saturated carbocycles. The molecule has 0 saturated heterocycles. The molecule has 1 aliphatic rings. The first kappa shape index (κ1) is 11.0. The van der Waals surface area contributed by atoms with Crippen LogP contribution in [0.2, 0.25) is 0 Å². The monoisotopic (exact) mass is 223 g/mol. The number of aromatic nitrogens is 2. The lowest BCUT2D eigenvalue weighted by Crippen LogP contribution is -2.28. The van der Waals surface area contributed by atoms with Gasteiger partial charge in [-0.15, -0.1) is 0 Å². The van der Waals surface area contributed by atoms with Crippen molar-refractivity contribution in [1.82, 2.24) is 15.1 Å². The first-order valence-corrected chi connectivity index (χ1v) is 5.58. The van der Waals surface area contributed by atoms with Gasteiger partial charge in [-0.1, -0.05) is 13.8 Å². The third kappa shape index (κ3) is 1.89. The molecule has 0 atom stereocenters. The maximum atomic E-state index is 11.8. The Bertz CT molecular complexity index is 410. The van der Waals surface area contributed by atoms with Gasteiger partial charge in [-0.25, -0.2) is 4.68 Å². The molecule has 1 amide bonds. The van der Waals surface area contributed by atoms with Crippen molar-refractivity contribution in [1.29, 1.82) is 0 Å². The van der Waals surface area contributed by atoms with Gasteiger partial charge in [-0.3, -0.25) is 4.79 Å². The van der Waals surface area contributed by atoms with E-state index in [-0.39, 0.29) is 5.91 Å². The minimum atomic E-state index is -0.114. The topological polar surface area (TPSA) is 56.2 Å². The van der Waals surface area contributed by atoms with E-state index in [4.69, 9.17) is 4.74 Å². The van der Waals surface area contributed by atoms with E-state index in [1.807, 2.05) is 6.92 Å². The SMILES string of the molecule is Cc1c(C(=O)NCC(C)C)nn2c1OCC2. The highest BCUT2D eigenvalue weighted by Crippen LogP contribution is 2.25. The predicted molar refractivity (Wildman–Crippen MR) is 59.6 cm³/mol. The van der Waals surface area contributed by atoms with Crippen molar-refractivity contribution in [2.45, 2.75) is 27.3 Å². The van der Waals surface area contributed by atoms with Crippen LogP contribution < -0.4 is 10.1 Å². The summed E-state index contributed by atoms with van der Waals surface area (Å²) in [4.78, 5) is 11.8. The summed E-state index contributed by atoms with van der Waals surface area (Å²) in [5.41, 5.74) is 1.31. The molecular weight excluding hydrogens is 206 g/mol. The smallest absolute Gasteiger partial charge is 0.272 e. The Balaban J connectivity index is 2.12. The first-order valence-electron chi connectivity index (χ1n) is 5.58. The van der Waals surface area contributed by atoms with Gasteiger partial charge < -0.3 is 10.1 Å². The molecule has 2 rings (SSSR count). The lowest BCUT2D eigenvalue weighted by atomic mass is 10.2. The molecular formula is C11H17N3O2. The number of nitrogens with zero attached hydrogens (tertiary/aromatic N) is 2. The summed E-state index contributed by atoms with van der Waals surface area (Å²) in [6.45, 7) is 8.03. The largest absolute Gasteiger partial charge is 0.476 e. The van der Waals surface area contributed by atoms with Crippen LogP contribution in [0.1, 0.15) is 29.9 Å². The second-order valence-corrected chi connectivity index (χ2v) is 4.45. The molecule has 5 heteroatoms. The Morgan fingerprint density at radius 3 is 3.00 bits per heavy atom. The van der Waals surface area contributed by atoms with Gasteiger partial charge in [0.2, 0.25) is 5.88 Å². The fourth-order valence-corrected chi connectivity index (χ4v) is 1.70. The fraction of sp³-hybridized carbons (Fsp3) is 0.636. The number of nitrogens with one attached hydrogen (secondary N) is 1. The number of carbonyl (C=O) groups is 1. The standard InChI is InChI=1S/C11H17N3O2/c1-7(2)6-12-10(15)9-8(3)11-14(13-9)4-5-16-11/h7H,4-6H2,1-3H3,(H,12,15). The summed E-state index contributed by atoms with van der Waals surface area (Å²) in [5.74, 6) is 1.06. The zero-order valence-electron chi connectivity index (χ0n) is 9.91. The number of hydrogen-bond donors (Lipinski definition) is 1. The Morgan fingerprint density at radius 2 is 2.38 bits per heavy atom. The van der Waals surface area contributed by atoms with E-state index in [1.165, 1.54) is 0 Å². The summed E-state index contributed by atoms with van der Waals surface area (Å²) < 4.78 is 7.16. The van der Waals surface area contributed by atoms with Crippen LogP contribution in [0.5, 0.6) is 5.88 Å². The van der Waals surface area contributed by atoms with Crippen LogP contribution in [0, 0.1) is 12.8 Å².